The SMILES string of the molecule is CCCCC(CCCC)(CCCC)OCCOCCOCCOCCOCCOCCOCCO. The maximum atomic E-state index is 8.58. The third-order valence-corrected chi connectivity index (χ3v) is 5.69. The van der Waals surface area contributed by atoms with Crippen LogP contribution in [0.1, 0.15) is 78.6 Å². The minimum Gasteiger partial charge on any atom is -0.394 e. The summed E-state index contributed by atoms with van der Waals surface area (Å²) in [5.74, 6) is 0. The molecule has 0 aromatic rings. The van der Waals surface area contributed by atoms with E-state index in [9.17, 15) is 0 Å². The van der Waals surface area contributed by atoms with Crippen LogP contribution in [-0.2, 0) is 33.2 Å². The van der Waals surface area contributed by atoms with Gasteiger partial charge in [0.15, 0.2) is 0 Å². The average Bonchev–Trinajstić information content (AvgIpc) is 2.88. The molecule has 35 heavy (non-hydrogen) atoms. The van der Waals surface area contributed by atoms with Gasteiger partial charge in [0, 0.05) is 0 Å². The Bertz CT molecular complexity index is 376. The zero-order chi connectivity index (χ0) is 25.7. The predicted octanol–water partition coefficient (Wildman–Crippen LogP) is 4.40. The number of aliphatic hydroxyl groups is 1. The number of hydrogen-bond acceptors (Lipinski definition) is 8. The topological polar surface area (TPSA) is 84.8 Å². The first-order valence-corrected chi connectivity index (χ1v) is 14.0. The van der Waals surface area contributed by atoms with Crippen molar-refractivity contribution < 1.29 is 38.3 Å². The largest absolute Gasteiger partial charge is 0.394 e. The Morgan fingerprint density at radius 1 is 0.429 bits per heavy atom. The van der Waals surface area contributed by atoms with Crippen LogP contribution in [0.5, 0.6) is 0 Å². The summed E-state index contributed by atoms with van der Waals surface area (Å²) in [7, 11) is 0. The van der Waals surface area contributed by atoms with E-state index in [-0.39, 0.29) is 12.2 Å². The molecule has 0 radical (unpaired) electrons. The van der Waals surface area contributed by atoms with Crippen LogP contribution in [0, 0.1) is 0 Å². The second-order valence-electron chi connectivity index (χ2n) is 8.74. The first kappa shape index (κ1) is 34.7. The fraction of sp³-hybridized carbons (Fsp3) is 1.00. The lowest BCUT2D eigenvalue weighted by atomic mass is 9.86. The smallest absolute Gasteiger partial charge is 0.0708 e. The van der Waals surface area contributed by atoms with Gasteiger partial charge in [0.25, 0.3) is 0 Å². The van der Waals surface area contributed by atoms with Crippen LogP contribution in [0.3, 0.4) is 0 Å². The molecule has 0 unspecified atom stereocenters. The van der Waals surface area contributed by atoms with Gasteiger partial charge in [0.1, 0.15) is 0 Å². The standard InChI is InChI=1S/C27H56O8/c1-4-7-10-27(11-8-5-2,12-9-6-3)35-26-25-34-24-23-33-22-21-32-20-19-31-18-17-30-16-15-29-14-13-28/h28H,4-26H2,1-3H3. The molecule has 0 fully saturated rings. The summed E-state index contributed by atoms with van der Waals surface area (Å²) in [5, 5.41) is 8.58. The van der Waals surface area contributed by atoms with Gasteiger partial charge in [-0.2, -0.15) is 0 Å². The Kier molecular flexibility index (Phi) is 28.0. The molecule has 212 valence electrons. The minimum atomic E-state index is 0.0333. The van der Waals surface area contributed by atoms with Gasteiger partial charge in [0.2, 0.25) is 0 Å². The fourth-order valence-corrected chi connectivity index (χ4v) is 3.67. The van der Waals surface area contributed by atoms with Crippen LogP contribution >= 0.6 is 0 Å². The van der Waals surface area contributed by atoms with Crippen LogP contribution in [0.4, 0.5) is 0 Å². The van der Waals surface area contributed by atoms with Crippen LogP contribution < -0.4 is 0 Å². The third kappa shape index (κ3) is 23.8. The molecule has 0 bridgehead atoms. The Hall–Kier alpha value is -0.320. The van der Waals surface area contributed by atoms with Gasteiger partial charge in [0.05, 0.1) is 98.1 Å². The van der Waals surface area contributed by atoms with E-state index in [4.69, 9.17) is 38.3 Å². The minimum absolute atomic E-state index is 0.0333. The molecule has 1 N–H and O–H groups in total. The summed E-state index contributed by atoms with van der Waals surface area (Å²) in [5.41, 5.74) is 0.0333. The Morgan fingerprint density at radius 3 is 1.00 bits per heavy atom. The van der Waals surface area contributed by atoms with Crippen molar-refractivity contribution in [2.75, 3.05) is 92.5 Å². The summed E-state index contributed by atoms with van der Waals surface area (Å²) < 4.78 is 39.1. The van der Waals surface area contributed by atoms with E-state index in [1.807, 2.05) is 0 Å². The van der Waals surface area contributed by atoms with E-state index in [0.717, 1.165) is 19.3 Å². The molecule has 0 aromatic heterocycles. The van der Waals surface area contributed by atoms with E-state index in [1.54, 1.807) is 0 Å². The number of ether oxygens (including phenoxy) is 7. The highest BCUT2D eigenvalue weighted by atomic mass is 16.6. The molecular formula is C27H56O8. The van der Waals surface area contributed by atoms with Gasteiger partial charge in [-0.05, 0) is 19.3 Å². The number of unbranched alkanes of at least 4 members (excludes halogenated alkanes) is 3. The van der Waals surface area contributed by atoms with E-state index >= 15 is 0 Å². The Morgan fingerprint density at radius 2 is 0.714 bits per heavy atom. The van der Waals surface area contributed by atoms with Crippen molar-refractivity contribution in [3.63, 3.8) is 0 Å². The molecular weight excluding hydrogens is 452 g/mol. The van der Waals surface area contributed by atoms with Crippen molar-refractivity contribution in [1.82, 2.24) is 0 Å². The van der Waals surface area contributed by atoms with E-state index < -0.39 is 0 Å². The summed E-state index contributed by atoms with van der Waals surface area (Å²) >= 11 is 0. The van der Waals surface area contributed by atoms with Crippen molar-refractivity contribution in [2.45, 2.75) is 84.2 Å². The average molecular weight is 509 g/mol. The zero-order valence-electron chi connectivity index (χ0n) is 23.1. The van der Waals surface area contributed by atoms with Gasteiger partial charge in [-0.1, -0.05) is 59.3 Å². The van der Waals surface area contributed by atoms with E-state index in [0.29, 0.717) is 85.9 Å². The van der Waals surface area contributed by atoms with E-state index in [2.05, 4.69) is 20.8 Å². The van der Waals surface area contributed by atoms with Gasteiger partial charge in [-0.15, -0.1) is 0 Å². The van der Waals surface area contributed by atoms with Crippen molar-refractivity contribution in [1.29, 1.82) is 0 Å². The maximum Gasteiger partial charge on any atom is 0.0708 e. The highest BCUT2D eigenvalue weighted by Gasteiger charge is 2.29. The van der Waals surface area contributed by atoms with Crippen LogP contribution in [0.15, 0.2) is 0 Å². The summed E-state index contributed by atoms with van der Waals surface area (Å²) in [6.45, 7) is 13.7. The number of rotatable bonds is 30. The second kappa shape index (κ2) is 28.3. The van der Waals surface area contributed by atoms with Crippen molar-refractivity contribution in [2.24, 2.45) is 0 Å². The molecule has 0 aliphatic carbocycles. The molecule has 0 saturated heterocycles. The fourth-order valence-electron chi connectivity index (χ4n) is 3.67. The summed E-state index contributed by atoms with van der Waals surface area (Å²) in [6.07, 6.45) is 10.8. The van der Waals surface area contributed by atoms with Gasteiger partial charge in [-0.25, -0.2) is 0 Å². The van der Waals surface area contributed by atoms with Crippen molar-refractivity contribution in [3.8, 4) is 0 Å². The molecule has 0 aliphatic rings. The molecule has 0 saturated carbocycles. The Labute approximate surface area is 215 Å². The maximum absolute atomic E-state index is 8.58. The lowest BCUT2D eigenvalue weighted by Crippen LogP contribution is -2.34. The predicted molar refractivity (Wildman–Crippen MR) is 139 cm³/mol. The van der Waals surface area contributed by atoms with Crippen molar-refractivity contribution in [3.05, 3.63) is 0 Å². The monoisotopic (exact) mass is 508 g/mol. The molecule has 8 nitrogen and oxygen atoms in total. The lowest BCUT2D eigenvalue weighted by molar-refractivity contribution is -0.0891. The molecule has 0 atom stereocenters. The third-order valence-electron chi connectivity index (χ3n) is 5.69. The van der Waals surface area contributed by atoms with Crippen LogP contribution in [0.25, 0.3) is 0 Å². The summed E-state index contributed by atoms with van der Waals surface area (Å²) in [6, 6.07) is 0. The zero-order valence-corrected chi connectivity index (χ0v) is 23.1. The molecule has 0 spiro atoms. The highest BCUT2D eigenvalue weighted by molar-refractivity contribution is 4.81. The molecule has 0 aliphatic heterocycles. The normalized spacial score (nSPS) is 12.0. The van der Waals surface area contributed by atoms with Crippen LogP contribution in [-0.4, -0.2) is 103 Å². The lowest BCUT2D eigenvalue weighted by Gasteiger charge is -2.34. The molecule has 0 heterocycles. The second-order valence-corrected chi connectivity index (χ2v) is 8.74. The van der Waals surface area contributed by atoms with Crippen LogP contribution in [0.2, 0.25) is 0 Å². The van der Waals surface area contributed by atoms with Gasteiger partial charge < -0.3 is 38.3 Å². The molecule has 0 rings (SSSR count). The first-order valence-electron chi connectivity index (χ1n) is 14.0. The molecule has 0 amide bonds. The first-order chi connectivity index (χ1) is 17.2. The van der Waals surface area contributed by atoms with E-state index in [1.165, 1.54) is 38.5 Å². The Balaban J connectivity index is 3.57. The highest BCUT2D eigenvalue weighted by Crippen LogP contribution is 2.31. The van der Waals surface area contributed by atoms with Gasteiger partial charge >= 0.3 is 0 Å². The molecule has 8 heteroatoms. The molecule has 0 aromatic carbocycles. The summed E-state index contributed by atoms with van der Waals surface area (Å²) in [4.78, 5) is 0. The quantitative estimate of drug-likeness (QED) is 0.143. The number of aliphatic hydroxyl groups excluding tert-OH is 1. The number of hydrogen-bond donors (Lipinski definition) is 1. The van der Waals surface area contributed by atoms with Gasteiger partial charge in [-0.3, -0.25) is 0 Å². The van der Waals surface area contributed by atoms with Crippen molar-refractivity contribution >= 4 is 0 Å².